The van der Waals surface area contributed by atoms with Crippen LogP contribution in [0.5, 0.6) is 0 Å². The van der Waals surface area contributed by atoms with Gasteiger partial charge in [0.1, 0.15) is 0 Å². The van der Waals surface area contributed by atoms with E-state index >= 15 is 0 Å². The normalized spacial score (nSPS) is 18.6. The molecule has 0 aliphatic rings. The third-order valence-electron chi connectivity index (χ3n) is 4.21. The van der Waals surface area contributed by atoms with E-state index in [-0.39, 0.29) is 38.4 Å². The number of hydrogen-bond acceptors (Lipinski definition) is 7. The lowest BCUT2D eigenvalue weighted by Crippen LogP contribution is -2.72. The molecule has 0 rings (SSSR count). The van der Waals surface area contributed by atoms with Gasteiger partial charge in [-0.2, -0.15) is 4.94 Å². The Hall–Kier alpha value is -0.350. The van der Waals surface area contributed by atoms with Gasteiger partial charge in [-0.25, -0.2) is 0 Å². The molecule has 0 radical (unpaired) electrons. The molecule has 0 bridgehead atoms. The molecule has 176 valence electrons. The Morgan fingerprint density at radius 3 is 1.86 bits per heavy atom. The monoisotopic (exact) mass is 426 g/mol. The van der Waals surface area contributed by atoms with Crippen LogP contribution in [0.3, 0.4) is 0 Å². The van der Waals surface area contributed by atoms with Crippen molar-refractivity contribution < 1.29 is 37.9 Å². The Morgan fingerprint density at radius 1 is 0.828 bits per heavy atom. The molecule has 3 unspecified atom stereocenters. The Kier molecular flexibility index (Phi) is 13.7. The molecule has 0 heterocycles. The maximum absolute atomic E-state index is 14.5. The molecule has 0 saturated heterocycles. The highest BCUT2D eigenvalue weighted by molar-refractivity contribution is 4.96. The van der Waals surface area contributed by atoms with Crippen LogP contribution in [-0.4, -0.2) is 57.2 Å². The van der Waals surface area contributed by atoms with Crippen molar-refractivity contribution in [3.8, 4) is 0 Å². The highest BCUT2D eigenvalue weighted by Crippen LogP contribution is 2.45. The molecule has 0 aliphatic carbocycles. The maximum Gasteiger partial charge on any atom is 0.325 e. The van der Waals surface area contributed by atoms with E-state index in [1.807, 2.05) is 27.7 Å². The van der Waals surface area contributed by atoms with Gasteiger partial charge in [-0.1, -0.05) is 34.1 Å². The first-order valence-electron chi connectivity index (χ1n) is 10.7. The minimum atomic E-state index is -2.06. The van der Waals surface area contributed by atoms with E-state index in [0.29, 0.717) is 6.42 Å². The second-order valence-electron chi connectivity index (χ2n) is 7.78. The standard InChI is InChI=1S/C21H43FO7/c1-10-13-15-26-21(28-18(6)7,27-16-17(4)5)19(8,29-22)20(23-9,24-12-3)25-14-11-2/h17-18H,10-16H2,1-9H3. The van der Waals surface area contributed by atoms with E-state index in [4.69, 9.17) is 28.4 Å². The smallest absolute Gasteiger partial charge is 0.325 e. The predicted molar refractivity (Wildman–Crippen MR) is 109 cm³/mol. The SMILES string of the molecule is CCCCOC(OCC(C)C)(OC(C)C)C(C)(OF)C(OC)(OCC)OCCC. The van der Waals surface area contributed by atoms with Crippen molar-refractivity contribution in [1.82, 2.24) is 0 Å². The van der Waals surface area contributed by atoms with E-state index in [2.05, 4.69) is 4.94 Å². The summed E-state index contributed by atoms with van der Waals surface area (Å²) in [7, 11) is 1.36. The molecule has 0 aliphatic heterocycles. The number of unbranched alkanes of at least 4 members (excludes halogenated alkanes) is 1. The molecular formula is C21H43FO7. The van der Waals surface area contributed by atoms with Crippen molar-refractivity contribution in [3.63, 3.8) is 0 Å². The molecule has 0 spiro atoms. The van der Waals surface area contributed by atoms with Crippen LogP contribution in [0, 0.1) is 5.92 Å². The van der Waals surface area contributed by atoms with Gasteiger partial charge in [-0.3, -0.25) is 0 Å². The van der Waals surface area contributed by atoms with Crippen LogP contribution in [0.2, 0.25) is 0 Å². The van der Waals surface area contributed by atoms with Crippen molar-refractivity contribution in [1.29, 1.82) is 0 Å². The van der Waals surface area contributed by atoms with Gasteiger partial charge >= 0.3 is 11.9 Å². The molecule has 0 fully saturated rings. The lowest BCUT2D eigenvalue weighted by molar-refractivity contribution is -0.560. The summed E-state index contributed by atoms with van der Waals surface area (Å²) in [6.07, 6.45) is 1.88. The summed E-state index contributed by atoms with van der Waals surface area (Å²) in [4.78, 5) is 4.52. The summed E-state index contributed by atoms with van der Waals surface area (Å²) in [6.45, 7) is 15.6. The Morgan fingerprint density at radius 2 is 1.45 bits per heavy atom. The van der Waals surface area contributed by atoms with Gasteiger partial charge in [0.15, 0.2) is 0 Å². The average Bonchev–Trinajstić information content (AvgIpc) is 2.68. The third-order valence-corrected chi connectivity index (χ3v) is 4.21. The fourth-order valence-corrected chi connectivity index (χ4v) is 2.77. The van der Waals surface area contributed by atoms with Gasteiger partial charge < -0.3 is 28.4 Å². The molecule has 0 N–H and O–H groups in total. The van der Waals surface area contributed by atoms with E-state index in [9.17, 15) is 4.53 Å². The van der Waals surface area contributed by atoms with E-state index in [1.54, 1.807) is 20.8 Å². The van der Waals surface area contributed by atoms with Gasteiger partial charge in [-0.05, 0) is 51.0 Å². The molecule has 0 aromatic rings. The molecule has 0 amide bonds. The minimum Gasteiger partial charge on any atom is -0.328 e. The zero-order valence-electron chi connectivity index (χ0n) is 19.8. The lowest BCUT2D eigenvalue weighted by Gasteiger charge is -2.51. The summed E-state index contributed by atoms with van der Waals surface area (Å²) >= 11 is 0. The van der Waals surface area contributed by atoms with Crippen molar-refractivity contribution in [3.05, 3.63) is 0 Å². The number of methoxy groups -OCH3 is 1. The number of halogens is 1. The summed E-state index contributed by atoms with van der Waals surface area (Å²) in [5, 5.41) is 0. The molecule has 8 heteroatoms. The highest BCUT2D eigenvalue weighted by atomic mass is 19.3. The fraction of sp³-hybridized carbons (Fsp3) is 1.00. The Bertz CT molecular complexity index is 424. The summed E-state index contributed by atoms with van der Waals surface area (Å²) < 4.78 is 50.0. The maximum atomic E-state index is 14.5. The van der Waals surface area contributed by atoms with Crippen LogP contribution < -0.4 is 0 Å². The zero-order valence-corrected chi connectivity index (χ0v) is 19.8. The second-order valence-corrected chi connectivity index (χ2v) is 7.78. The summed E-state index contributed by atoms with van der Waals surface area (Å²) in [5.74, 6) is -3.82. The second kappa shape index (κ2) is 13.9. The topological polar surface area (TPSA) is 64.6 Å². The quantitative estimate of drug-likeness (QED) is 0.226. The third kappa shape index (κ3) is 7.38. The summed E-state index contributed by atoms with van der Waals surface area (Å²) in [6, 6.07) is 0. The highest BCUT2D eigenvalue weighted by Gasteiger charge is 2.71. The zero-order chi connectivity index (χ0) is 22.6. The van der Waals surface area contributed by atoms with Crippen molar-refractivity contribution in [2.45, 2.75) is 98.3 Å². The Balaban J connectivity index is 6.50. The first-order valence-corrected chi connectivity index (χ1v) is 10.7. The van der Waals surface area contributed by atoms with Gasteiger partial charge in [-0.15, -0.1) is 0 Å². The Labute approximate surface area is 176 Å². The molecule has 3 atom stereocenters. The minimum absolute atomic E-state index is 0.129. The largest absolute Gasteiger partial charge is 0.328 e. The van der Waals surface area contributed by atoms with Gasteiger partial charge in [0.2, 0.25) is 0 Å². The molecule has 29 heavy (non-hydrogen) atoms. The van der Waals surface area contributed by atoms with E-state index in [0.717, 1.165) is 12.8 Å². The van der Waals surface area contributed by atoms with Gasteiger partial charge in [0.05, 0.1) is 25.9 Å². The molecule has 0 aromatic carbocycles. The number of hydrogen-bond donors (Lipinski definition) is 0. The fourth-order valence-electron chi connectivity index (χ4n) is 2.77. The van der Waals surface area contributed by atoms with Crippen LogP contribution in [-0.2, 0) is 33.4 Å². The van der Waals surface area contributed by atoms with Crippen LogP contribution >= 0.6 is 0 Å². The molecule has 0 saturated carbocycles. The summed E-state index contributed by atoms with van der Waals surface area (Å²) in [5.41, 5.74) is -2.06. The van der Waals surface area contributed by atoms with Crippen LogP contribution in [0.4, 0.5) is 4.53 Å². The van der Waals surface area contributed by atoms with Crippen LogP contribution in [0.15, 0.2) is 0 Å². The van der Waals surface area contributed by atoms with Gasteiger partial charge in [0.25, 0.3) is 5.60 Å². The van der Waals surface area contributed by atoms with Crippen molar-refractivity contribution in [2.75, 3.05) is 33.5 Å². The molecule has 0 aromatic heterocycles. The van der Waals surface area contributed by atoms with E-state index < -0.39 is 17.5 Å². The van der Waals surface area contributed by atoms with Crippen molar-refractivity contribution in [2.24, 2.45) is 5.92 Å². The first-order chi connectivity index (χ1) is 13.6. The number of ether oxygens (including phenoxy) is 6. The molecule has 7 nitrogen and oxygen atoms in total. The van der Waals surface area contributed by atoms with E-state index in [1.165, 1.54) is 14.0 Å². The van der Waals surface area contributed by atoms with Crippen LogP contribution in [0.1, 0.15) is 74.7 Å². The van der Waals surface area contributed by atoms with Crippen LogP contribution in [0.25, 0.3) is 0 Å². The predicted octanol–water partition coefficient (Wildman–Crippen LogP) is 4.98. The number of rotatable bonds is 18. The van der Waals surface area contributed by atoms with Crippen molar-refractivity contribution >= 4 is 0 Å². The average molecular weight is 427 g/mol. The molecular weight excluding hydrogens is 383 g/mol. The lowest BCUT2D eigenvalue weighted by atomic mass is 9.98. The van der Waals surface area contributed by atoms with Gasteiger partial charge in [0, 0.05) is 13.7 Å². The first kappa shape index (κ1) is 28.6.